The third-order valence-corrected chi connectivity index (χ3v) is 4.16. The fourth-order valence-electron chi connectivity index (χ4n) is 1.68. The molecule has 0 bridgehead atoms. The van der Waals surface area contributed by atoms with Gasteiger partial charge in [-0.1, -0.05) is 0 Å². The first-order valence-corrected chi connectivity index (χ1v) is 7.56. The summed E-state index contributed by atoms with van der Waals surface area (Å²) in [6.07, 6.45) is 4.49. The second-order valence-corrected chi connectivity index (χ2v) is 6.37. The van der Waals surface area contributed by atoms with Crippen molar-refractivity contribution in [1.82, 2.24) is 14.7 Å². The molecule has 2 aromatic heterocycles. The van der Waals surface area contributed by atoms with E-state index in [2.05, 4.69) is 14.7 Å². The number of nitrogens with two attached hydrogens (primary N) is 1. The number of hydrogen-bond acceptors (Lipinski definition) is 5. The largest absolute Gasteiger partial charge is 0.384 e. The summed E-state index contributed by atoms with van der Waals surface area (Å²) in [7, 11) is -3.56. The van der Waals surface area contributed by atoms with Gasteiger partial charge in [0.05, 0.1) is 0 Å². The molecule has 0 amide bonds. The highest BCUT2D eigenvalue weighted by Gasteiger charge is 2.16. The zero-order chi connectivity index (χ0) is 14.8. The van der Waals surface area contributed by atoms with E-state index in [4.69, 9.17) is 5.73 Å². The third kappa shape index (κ3) is 3.31. The molecule has 2 rings (SSSR count). The van der Waals surface area contributed by atoms with Crippen molar-refractivity contribution in [2.24, 2.45) is 0 Å². The summed E-state index contributed by atoms with van der Waals surface area (Å²) in [5.41, 5.74) is 6.95. The predicted octanol–water partition coefficient (Wildman–Crippen LogP) is 1.41. The highest BCUT2D eigenvalue weighted by atomic mass is 32.2. The van der Waals surface area contributed by atoms with Crippen LogP contribution in [0.25, 0.3) is 11.1 Å². The fraction of sp³-hybridized carbons (Fsp3) is 0.231. The molecule has 3 N–H and O–H groups in total. The van der Waals surface area contributed by atoms with Gasteiger partial charge in [0.1, 0.15) is 10.7 Å². The Labute approximate surface area is 118 Å². The molecule has 0 saturated heterocycles. The topological polar surface area (TPSA) is 98.0 Å². The van der Waals surface area contributed by atoms with Gasteiger partial charge in [-0.3, -0.25) is 4.98 Å². The zero-order valence-electron chi connectivity index (χ0n) is 11.2. The standard InChI is InChI=1S/C13H16N4O2S/c1-9(2)17-20(18,19)12-5-11(6-15-8-12)10-3-4-13(14)16-7-10/h3-9,17H,1-2H3,(H2,14,16). The molecule has 0 atom stereocenters. The summed E-state index contributed by atoms with van der Waals surface area (Å²) in [5.74, 6) is 0.409. The molecular formula is C13H16N4O2S. The van der Waals surface area contributed by atoms with E-state index in [0.29, 0.717) is 11.4 Å². The Balaban J connectivity index is 2.40. The van der Waals surface area contributed by atoms with Crippen LogP contribution < -0.4 is 10.5 Å². The highest BCUT2D eigenvalue weighted by molar-refractivity contribution is 7.89. The lowest BCUT2D eigenvalue weighted by molar-refractivity contribution is 0.569. The third-order valence-electron chi connectivity index (χ3n) is 2.53. The van der Waals surface area contributed by atoms with Crippen molar-refractivity contribution in [1.29, 1.82) is 0 Å². The number of pyridine rings is 2. The number of aromatic nitrogens is 2. The molecule has 0 radical (unpaired) electrons. The molecule has 0 saturated carbocycles. The summed E-state index contributed by atoms with van der Waals surface area (Å²) in [5, 5.41) is 0. The lowest BCUT2D eigenvalue weighted by Crippen LogP contribution is -2.30. The summed E-state index contributed by atoms with van der Waals surface area (Å²) in [4.78, 5) is 8.08. The second-order valence-electron chi connectivity index (χ2n) is 4.66. The molecule has 0 unspecified atom stereocenters. The average Bonchev–Trinajstić information content (AvgIpc) is 2.38. The van der Waals surface area contributed by atoms with Gasteiger partial charge in [-0.15, -0.1) is 0 Å². The van der Waals surface area contributed by atoms with Crippen molar-refractivity contribution in [3.8, 4) is 11.1 Å². The van der Waals surface area contributed by atoms with Crippen LogP contribution in [-0.2, 0) is 10.0 Å². The maximum atomic E-state index is 12.1. The second kappa shape index (κ2) is 5.56. The molecule has 2 aromatic rings. The van der Waals surface area contributed by atoms with E-state index in [1.807, 2.05) is 0 Å². The minimum absolute atomic E-state index is 0.125. The quantitative estimate of drug-likeness (QED) is 0.888. The average molecular weight is 292 g/mol. The Morgan fingerprint density at radius 1 is 1.15 bits per heavy atom. The molecule has 0 aliphatic carbocycles. The predicted molar refractivity (Wildman–Crippen MR) is 77.3 cm³/mol. The van der Waals surface area contributed by atoms with E-state index in [1.54, 1.807) is 44.4 Å². The molecule has 106 valence electrons. The normalized spacial score (nSPS) is 11.8. The van der Waals surface area contributed by atoms with Crippen LogP contribution in [0.2, 0.25) is 0 Å². The van der Waals surface area contributed by atoms with Crippen LogP contribution in [0.1, 0.15) is 13.8 Å². The molecule has 0 aliphatic heterocycles. The van der Waals surface area contributed by atoms with E-state index < -0.39 is 10.0 Å². The van der Waals surface area contributed by atoms with Gasteiger partial charge < -0.3 is 5.73 Å². The van der Waals surface area contributed by atoms with Crippen molar-refractivity contribution < 1.29 is 8.42 Å². The molecule has 6 nitrogen and oxygen atoms in total. The van der Waals surface area contributed by atoms with Gasteiger partial charge in [-0.05, 0) is 32.0 Å². The van der Waals surface area contributed by atoms with Gasteiger partial charge in [0.25, 0.3) is 0 Å². The van der Waals surface area contributed by atoms with Crippen molar-refractivity contribution in [2.75, 3.05) is 5.73 Å². The van der Waals surface area contributed by atoms with E-state index in [9.17, 15) is 8.42 Å². The van der Waals surface area contributed by atoms with Crippen LogP contribution in [-0.4, -0.2) is 24.4 Å². The first-order chi connectivity index (χ1) is 9.38. The number of anilines is 1. The SMILES string of the molecule is CC(C)NS(=O)(=O)c1cncc(-c2ccc(N)nc2)c1. The van der Waals surface area contributed by atoms with Crippen molar-refractivity contribution in [3.05, 3.63) is 36.8 Å². The van der Waals surface area contributed by atoms with Gasteiger partial charge >= 0.3 is 0 Å². The fourth-order valence-corrected chi connectivity index (χ4v) is 2.92. The van der Waals surface area contributed by atoms with Crippen molar-refractivity contribution in [2.45, 2.75) is 24.8 Å². The number of nitrogen functional groups attached to an aromatic ring is 1. The van der Waals surface area contributed by atoms with E-state index in [-0.39, 0.29) is 10.9 Å². The van der Waals surface area contributed by atoms with Crippen LogP contribution in [0.3, 0.4) is 0 Å². The van der Waals surface area contributed by atoms with Crippen LogP contribution in [0.4, 0.5) is 5.82 Å². The van der Waals surface area contributed by atoms with E-state index in [0.717, 1.165) is 5.56 Å². The van der Waals surface area contributed by atoms with Crippen LogP contribution in [0.5, 0.6) is 0 Å². The highest BCUT2D eigenvalue weighted by Crippen LogP contribution is 2.21. The number of rotatable bonds is 4. The number of hydrogen-bond donors (Lipinski definition) is 2. The Morgan fingerprint density at radius 3 is 2.50 bits per heavy atom. The zero-order valence-corrected chi connectivity index (χ0v) is 12.1. The molecule has 0 fully saturated rings. The van der Waals surface area contributed by atoms with Crippen LogP contribution in [0.15, 0.2) is 41.7 Å². The monoisotopic (exact) mass is 292 g/mol. The Kier molecular flexibility index (Phi) is 4.01. The van der Waals surface area contributed by atoms with Gasteiger partial charge in [0.15, 0.2) is 0 Å². The van der Waals surface area contributed by atoms with Crippen molar-refractivity contribution in [3.63, 3.8) is 0 Å². The van der Waals surface area contributed by atoms with Gasteiger partial charge in [-0.25, -0.2) is 18.1 Å². The van der Waals surface area contributed by atoms with Gasteiger partial charge in [0.2, 0.25) is 10.0 Å². The minimum atomic E-state index is -3.56. The number of sulfonamides is 1. The van der Waals surface area contributed by atoms with Crippen molar-refractivity contribution >= 4 is 15.8 Å². The van der Waals surface area contributed by atoms with Gasteiger partial charge in [0, 0.05) is 35.8 Å². The maximum Gasteiger partial charge on any atom is 0.242 e. The molecule has 7 heteroatoms. The summed E-state index contributed by atoms with van der Waals surface area (Å²) in [6.45, 7) is 3.53. The summed E-state index contributed by atoms with van der Waals surface area (Å²) >= 11 is 0. The van der Waals surface area contributed by atoms with Crippen LogP contribution in [0, 0.1) is 0 Å². The molecule has 0 spiro atoms. The minimum Gasteiger partial charge on any atom is -0.384 e. The number of nitrogens with one attached hydrogen (secondary N) is 1. The molecule has 0 aromatic carbocycles. The lowest BCUT2D eigenvalue weighted by atomic mass is 10.1. The van der Waals surface area contributed by atoms with E-state index in [1.165, 1.54) is 6.20 Å². The lowest BCUT2D eigenvalue weighted by Gasteiger charge is -2.10. The number of nitrogens with zero attached hydrogens (tertiary/aromatic N) is 2. The summed E-state index contributed by atoms with van der Waals surface area (Å²) in [6, 6.07) is 4.81. The maximum absolute atomic E-state index is 12.1. The molecular weight excluding hydrogens is 276 g/mol. The first kappa shape index (κ1) is 14.4. The Bertz CT molecular complexity index is 697. The summed E-state index contributed by atoms with van der Waals surface area (Å²) < 4.78 is 26.7. The van der Waals surface area contributed by atoms with Gasteiger partial charge in [-0.2, -0.15) is 0 Å². The first-order valence-electron chi connectivity index (χ1n) is 6.08. The molecule has 0 aliphatic rings. The van der Waals surface area contributed by atoms with Crippen LogP contribution >= 0.6 is 0 Å². The Hall–Kier alpha value is -1.99. The molecule has 2 heterocycles. The smallest absolute Gasteiger partial charge is 0.242 e. The Morgan fingerprint density at radius 2 is 1.90 bits per heavy atom. The van der Waals surface area contributed by atoms with E-state index >= 15 is 0 Å². The molecule has 20 heavy (non-hydrogen) atoms.